The summed E-state index contributed by atoms with van der Waals surface area (Å²) in [6.07, 6.45) is -2.96. The highest BCUT2D eigenvalue weighted by Crippen LogP contribution is 2.56. The van der Waals surface area contributed by atoms with Gasteiger partial charge in [0.1, 0.15) is 46.7 Å². The maximum absolute atomic E-state index is 11.5. The normalized spacial score (nSPS) is 21.3. The summed E-state index contributed by atoms with van der Waals surface area (Å²) in [5, 5.41) is 93.8. The molecule has 0 aromatic heterocycles. The van der Waals surface area contributed by atoms with Crippen LogP contribution in [0.3, 0.4) is 0 Å². The molecule has 4 atom stereocenters. The third kappa shape index (κ3) is 4.36. The summed E-state index contributed by atoms with van der Waals surface area (Å²) < 4.78 is 12.0. The van der Waals surface area contributed by atoms with Crippen LogP contribution >= 0.6 is 0 Å². The molecule has 0 saturated carbocycles. The zero-order valence-electron chi connectivity index (χ0n) is 21.3. The van der Waals surface area contributed by atoms with E-state index in [0.717, 1.165) is 6.07 Å². The number of hydrogen-bond acceptors (Lipinski definition) is 11. The van der Waals surface area contributed by atoms with Gasteiger partial charge >= 0.3 is 0 Å². The molecule has 0 aliphatic carbocycles. The van der Waals surface area contributed by atoms with E-state index in [4.69, 9.17) is 9.47 Å². The molecule has 11 nitrogen and oxygen atoms in total. The number of hydrogen-bond donors (Lipinski definition) is 9. The number of aliphatic hydroxyl groups is 1. The molecule has 0 fully saturated rings. The molecule has 9 N–H and O–H groups in total. The minimum atomic E-state index is -1.17. The fourth-order valence-electron chi connectivity index (χ4n) is 5.66. The Morgan fingerprint density at radius 3 is 1.90 bits per heavy atom. The van der Waals surface area contributed by atoms with E-state index in [0.29, 0.717) is 11.1 Å². The van der Waals surface area contributed by atoms with Crippen molar-refractivity contribution in [3.63, 3.8) is 0 Å². The average Bonchev–Trinajstić information content (AvgIpc) is 2.91. The van der Waals surface area contributed by atoms with Crippen LogP contribution < -0.4 is 9.47 Å². The quantitative estimate of drug-likeness (QED) is 0.163. The van der Waals surface area contributed by atoms with Crippen LogP contribution in [0.5, 0.6) is 57.5 Å². The number of aromatic hydroxyl groups is 8. The molecule has 0 amide bonds. The van der Waals surface area contributed by atoms with E-state index in [1.54, 1.807) is 0 Å². The Bertz CT molecular complexity index is 1680. The Labute approximate surface area is 232 Å². The van der Waals surface area contributed by atoms with Crippen LogP contribution in [0.4, 0.5) is 0 Å². The maximum Gasteiger partial charge on any atom is 0.157 e. The minimum Gasteiger partial charge on any atom is -0.508 e. The van der Waals surface area contributed by atoms with Crippen LogP contribution in [-0.4, -0.2) is 52.1 Å². The molecule has 4 aromatic carbocycles. The van der Waals surface area contributed by atoms with E-state index in [1.165, 1.54) is 48.5 Å². The predicted octanol–water partition coefficient (Wildman–Crippen LogP) is 4.02. The Hall–Kier alpha value is -5.16. The van der Waals surface area contributed by atoms with Crippen molar-refractivity contribution in [2.24, 2.45) is 0 Å². The Balaban J connectivity index is 1.44. The molecule has 212 valence electrons. The van der Waals surface area contributed by atoms with E-state index in [2.05, 4.69) is 0 Å². The molecule has 0 spiro atoms. The summed E-state index contributed by atoms with van der Waals surface area (Å²) in [6.45, 7) is 0. The highest BCUT2D eigenvalue weighted by molar-refractivity contribution is 5.64. The Kier molecular flexibility index (Phi) is 6.04. The van der Waals surface area contributed by atoms with Crippen molar-refractivity contribution in [1.29, 1.82) is 0 Å². The Morgan fingerprint density at radius 1 is 0.585 bits per heavy atom. The first-order valence-corrected chi connectivity index (χ1v) is 12.7. The molecule has 4 aromatic rings. The molecule has 0 bridgehead atoms. The van der Waals surface area contributed by atoms with E-state index in [1.807, 2.05) is 0 Å². The van der Waals surface area contributed by atoms with Crippen LogP contribution in [0.25, 0.3) is 0 Å². The lowest BCUT2D eigenvalue weighted by molar-refractivity contribution is 0.0195. The number of benzene rings is 4. The second-order valence-electron chi connectivity index (χ2n) is 10.2. The molecule has 0 saturated heterocycles. The molecule has 2 aliphatic heterocycles. The first-order chi connectivity index (χ1) is 19.5. The molecule has 11 heteroatoms. The molecular weight excluding hydrogens is 536 g/mol. The van der Waals surface area contributed by atoms with Gasteiger partial charge in [-0.2, -0.15) is 0 Å². The van der Waals surface area contributed by atoms with Gasteiger partial charge in [-0.25, -0.2) is 0 Å². The second-order valence-corrected chi connectivity index (χ2v) is 10.2. The average molecular weight is 563 g/mol. The maximum atomic E-state index is 11.5. The monoisotopic (exact) mass is 562 g/mol. The van der Waals surface area contributed by atoms with Crippen molar-refractivity contribution in [2.75, 3.05) is 0 Å². The first-order valence-electron chi connectivity index (χ1n) is 12.7. The third-order valence-corrected chi connectivity index (χ3v) is 7.62. The van der Waals surface area contributed by atoms with E-state index in [9.17, 15) is 46.0 Å². The van der Waals surface area contributed by atoms with Gasteiger partial charge in [0.25, 0.3) is 0 Å². The van der Waals surface area contributed by atoms with Crippen LogP contribution in [0.1, 0.15) is 52.4 Å². The predicted molar refractivity (Wildman–Crippen MR) is 142 cm³/mol. The van der Waals surface area contributed by atoms with Gasteiger partial charge in [0.15, 0.2) is 23.0 Å². The van der Waals surface area contributed by atoms with Crippen molar-refractivity contribution in [3.8, 4) is 57.5 Å². The van der Waals surface area contributed by atoms with E-state index in [-0.39, 0.29) is 81.3 Å². The molecule has 41 heavy (non-hydrogen) atoms. The molecule has 0 radical (unpaired) electrons. The zero-order valence-corrected chi connectivity index (χ0v) is 21.3. The molecule has 0 unspecified atom stereocenters. The third-order valence-electron chi connectivity index (χ3n) is 7.62. The van der Waals surface area contributed by atoms with E-state index >= 15 is 0 Å². The van der Waals surface area contributed by atoms with Crippen molar-refractivity contribution in [2.45, 2.75) is 37.1 Å². The first kappa shape index (κ1) is 26.1. The summed E-state index contributed by atoms with van der Waals surface area (Å²) in [4.78, 5) is 0. The van der Waals surface area contributed by atoms with Crippen LogP contribution in [0.2, 0.25) is 0 Å². The highest BCUT2D eigenvalue weighted by Gasteiger charge is 2.40. The standard InChI is InChI=1S/C30H26O11/c31-14-7-21(36)27-16(10-24(40-26(27)8-14)12-1-3-17(32)19(34)5-12)28-22(37)11-25-15(29(28)39)9-23(38)30(41-25)13-2-4-18(33)20(35)6-13/h1-8,11,16,23-24,30-39H,9-10H2/t16-,23-,24-,30+/m0/s1. The number of ether oxygens (including phenoxy) is 2. The van der Waals surface area contributed by atoms with Crippen LogP contribution in [0.15, 0.2) is 54.6 Å². The van der Waals surface area contributed by atoms with Crippen LogP contribution in [0, 0.1) is 0 Å². The minimum absolute atomic E-state index is 0.0267. The topological polar surface area (TPSA) is 201 Å². The second kappa shape index (κ2) is 9.49. The number of aliphatic hydroxyl groups excluding tert-OH is 1. The number of phenols is 8. The molecular formula is C30H26O11. The molecule has 2 heterocycles. The zero-order chi connectivity index (χ0) is 29.2. The van der Waals surface area contributed by atoms with Crippen molar-refractivity contribution >= 4 is 0 Å². The van der Waals surface area contributed by atoms with Gasteiger partial charge in [-0.15, -0.1) is 0 Å². The number of fused-ring (bicyclic) bond motifs is 2. The molecule has 6 rings (SSSR count). The lowest BCUT2D eigenvalue weighted by atomic mass is 9.79. The Morgan fingerprint density at radius 2 is 1.22 bits per heavy atom. The fraction of sp³-hybridized carbons (Fsp3) is 0.200. The van der Waals surface area contributed by atoms with Gasteiger partial charge in [-0.3, -0.25) is 0 Å². The van der Waals surface area contributed by atoms with Gasteiger partial charge in [0.2, 0.25) is 0 Å². The van der Waals surface area contributed by atoms with Gasteiger partial charge in [0, 0.05) is 53.6 Å². The van der Waals surface area contributed by atoms with Gasteiger partial charge in [-0.1, -0.05) is 12.1 Å². The molecule has 2 aliphatic rings. The SMILES string of the molecule is Oc1cc(O)c2c(c1)O[C@H](c1ccc(O)c(O)c1)C[C@@H]2c1c(O)cc2c(c1O)C[C@H](O)[C@@H](c1ccc(O)c(O)c1)O2. The van der Waals surface area contributed by atoms with Crippen LogP contribution in [-0.2, 0) is 6.42 Å². The fourth-order valence-corrected chi connectivity index (χ4v) is 5.66. The highest BCUT2D eigenvalue weighted by atomic mass is 16.5. The van der Waals surface area contributed by atoms with E-state index < -0.39 is 30.0 Å². The largest absolute Gasteiger partial charge is 0.508 e. The van der Waals surface area contributed by atoms with Crippen molar-refractivity contribution < 1.29 is 55.4 Å². The summed E-state index contributed by atoms with van der Waals surface area (Å²) in [5.41, 5.74) is 1.25. The number of rotatable bonds is 3. The van der Waals surface area contributed by atoms with Crippen molar-refractivity contribution in [3.05, 3.63) is 82.4 Å². The van der Waals surface area contributed by atoms with Gasteiger partial charge < -0.3 is 55.4 Å². The smallest absolute Gasteiger partial charge is 0.157 e. The lowest BCUT2D eigenvalue weighted by Crippen LogP contribution is -2.30. The lowest BCUT2D eigenvalue weighted by Gasteiger charge is -2.36. The summed E-state index contributed by atoms with van der Waals surface area (Å²) in [7, 11) is 0. The van der Waals surface area contributed by atoms with Gasteiger partial charge in [0.05, 0.1) is 6.10 Å². The summed E-state index contributed by atoms with van der Waals surface area (Å²) >= 11 is 0. The summed E-state index contributed by atoms with van der Waals surface area (Å²) in [5.74, 6) is -3.52. The van der Waals surface area contributed by atoms with Crippen molar-refractivity contribution in [1.82, 2.24) is 0 Å². The summed E-state index contributed by atoms with van der Waals surface area (Å²) in [6, 6.07) is 11.8. The van der Waals surface area contributed by atoms with Gasteiger partial charge in [-0.05, 0) is 35.4 Å². The number of phenolic OH excluding ortho intramolecular Hbond substituents is 8.